The van der Waals surface area contributed by atoms with E-state index in [9.17, 15) is 0 Å². The Hall–Kier alpha value is -2.17. The molecule has 0 radical (unpaired) electrons. The van der Waals surface area contributed by atoms with Crippen molar-refractivity contribution in [3.05, 3.63) is 76.8 Å². The lowest BCUT2D eigenvalue weighted by atomic mass is 9.95. The van der Waals surface area contributed by atoms with Crippen LogP contribution < -0.4 is 9.64 Å². The number of halogens is 2. The van der Waals surface area contributed by atoms with E-state index in [-0.39, 0.29) is 5.92 Å². The molecule has 0 fully saturated rings. The van der Waals surface area contributed by atoms with Crippen molar-refractivity contribution >= 4 is 28.9 Å². The second-order valence-electron chi connectivity index (χ2n) is 6.65. The van der Waals surface area contributed by atoms with Crippen LogP contribution in [0.15, 0.2) is 61.2 Å². The van der Waals surface area contributed by atoms with Gasteiger partial charge in [-0.2, -0.15) is 0 Å². The molecule has 142 valence electrons. The summed E-state index contributed by atoms with van der Waals surface area (Å²) in [6.07, 6.45) is 6.38. The van der Waals surface area contributed by atoms with E-state index in [1.807, 2.05) is 63.0 Å². The summed E-state index contributed by atoms with van der Waals surface area (Å²) < 4.78 is 8.02. The van der Waals surface area contributed by atoms with Gasteiger partial charge in [0.1, 0.15) is 5.75 Å². The van der Waals surface area contributed by atoms with Gasteiger partial charge in [0.05, 0.1) is 12.9 Å². The van der Waals surface area contributed by atoms with E-state index in [1.54, 1.807) is 12.3 Å². The predicted molar refractivity (Wildman–Crippen MR) is 112 cm³/mol. The third-order valence-corrected chi connectivity index (χ3v) is 5.04. The van der Waals surface area contributed by atoms with E-state index < -0.39 is 0 Å². The minimum absolute atomic E-state index is 0.199. The zero-order valence-electron chi connectivity index (χ0n) is 15.5. The van der Waals surface area contributed by atoms with Crippen molar-refractivity contribution in [3.63, 3.8) is 0 Å². The van der Waals surface area contributed by atoms with Gasteiger partial charge in [-0.25, -0.2) is 4.98 Å². The first-order valence-electron chi connectivity index (χ1n) is 8.84. The van der Waals surface area contributed by atoms with Gasteiger partial charge < -0.3 is 14.2 Å². The maximum Gasteiger partial charge on any atom is 0.119 e. The topological polar surface area (TPSA) is 30.3 Å². The summed E-state index contributed by atoms with van der Waals surface area (Å²) in [7, 11) is 4.04. The maximum atomic E-state index is 6.45. The molecule has 3 aromatic rings. The molecule has 4 nitrogen and oxygen atoms in total. The third kappa shape index (κ3) is 5.41. The number of hydrogen-bond donors (Lipinski definition) is 0. The highest BCUT2D eigenvalue weighted by molar-refractivity contribution is 6.35. The Morgan fingerprint density at radius 2 is 1.89 bits per heavy atom. The number of ether oxygens (including phenoxy) is 1. The van der Waals surface area contributed by atoms with Crippen molar-refractivity contribution < 1.29 is 4.74 Å². The Balaban J connectivity index is 1.67. The number of nitrogens with zero attached hydrogens (tertiary/aromatic N) is 3. The summed E-state index contributed by atoms with van der Waals surface area (Å²) >= 11 is 12.5. The molecule has 2 aromatic carbocycles. The molecule has 0 aliphatic rings. The number of anilines is 1. The zero-order chi connectivity index (χ0) is 19.2. The number of rotatable bonds is 8. The fourth-order valence-electron chi connectivity index (χ4n) is 2.99. The van der Waals surface area contributed by atoms with Gasteiger partial charge in [0.15, 0.2) is 0 Å². The number of imidazole rings is 1. The molecule has 3 rings (SSSR count). The second-order valence-corrected chi connectivity index (χ2v) is 7.49. The normalized spacial score (nSPS) is 12.0. The molecule has 0 amide bonds. The van der Waals surface area contributed by atoms with Crippen LogP contribution in [-0.2, 0) is 6.54 Å². The zero-order valence-corrected chi connectivity index (χ0v) is 17.0. The van der Waals surface area contributed by atoms with Crippen LogP contribution in [0.2, 0.25) is 10.0 Å². The highest BCUT2D eigenvalue weighted by Crippen LogP contribution is 2.31. The van der Waals surface area contributed by atoms with E-state index >= 15 is 0 Å². The maximum absolute atomic E-state index is 6.45. The van der Waals surface area contributed by atoms with E-state index in [0.29, 0.717) is 16.7 Å². The highest BCUT2D eigenvalue weighted by Gasteiger charge is 2.16. The van der Waals surface area contributed by atoms with Crippen molar-refractivity contribution in [3.8, 4) is 5.75 Å². The van der Waals surface area contributed by atoms with Gasteiger partial charge in [0.2, 0.25) is 0 Å². The van der Waals surface area contributed by atoms with E-state index in [0.717, 1.165) is 30.0 Å². The monoisotopic (exact) mass is 403 g/mol. The van der Waals surface area contributed by atoms with E-state index in [1.165, 1.54) is 0 Å². The van der Waals surface area contributed by atoms with Crippen LogP contribution in [0.3, 0.4) is 0 Å². The molecule has 0 spiro atoms. The molecule has 1 aromatic heterocycles. The van der Waals surface area contributed by atoms with Crippen LogP contribution in [0.25, 0.3) is 0 Å². The molecule has 0 bridgehead atoms. The first-order valence-corrected chi connectivity index (χ1v) is 9.59. The Bertz CT molecular complexity index is 848. The first-order chi connectivity index (χ1) is 13.0. The summed E-state index contributed by atoms with van der Waals surface area (Å²) in [6.45, 7) is 1.38. The second kappa shape index (κ2) is 9.16. The molecule has 6 heteroatoms. The molecule has 0 aliphatic heterocycles. The summed E-state index contributed by atoms with van der Waals surface area (Å²) in [5.41, 5.74) is 2.22. The molecule has 0 N–H and O–H groups in total. The fourth-order valence-corrected chi connectivity index (χ4v) is 3.55. The molecule has 27 heavy (non-hydrogen) atoms. The van der Waals surface area contributed by atoms with Crippen molar-refractivity contribution in [1.82, 2.24) is 9.55 Å². The SMILES string of the molecule is CN(C)c1ccc(OCCC(Cn2ccnc2)c2ccc(Cl)cc2Cl)cc1. The van der Waals surface area contributed by atoms with Crippen molar-refractivity contribution in [2.24, 2.45) is 0 Å². The molecular formula is C21H23Cl2N3O. The molecule has 1 unspecified atom stereocenters. The summed E-state index contributed by atoms with van der Waals surface area (Å²) in [5.74, 6) is 1.06. The average molecular weight is 404 g/mol. The first kappa shape index (κ1) is 19.6. The number of hydrogen-bond acceptors (Lipinski definition) is 3. The van der Waals surface area contributed by atoms with Crippen molar-refractivity contribution in [2.45, 2.75) is 18.9 Å². The Morgan fingerprint density at radius 1 is 1.11 bits per heavy atom. The smallest absolute Gasteiger partial charge is 0.119 e. The van der Waals surface area contributed by atoms with Crippen LogP contribution in [0.5, 0.6) is 5.75 Å². The molecule has 1 heterocycles. The molecule has 0 aliphatic carbocycles. The molecule has 0 saturated carbocycles. The van der Waals surface area contributed by atoms with Crippen LogP contribution in [-0.4, -0.2) is 30.3 Å². The van der Waals surface area contributed by atoms with Gasteiger partial charge in [0, 0.05) is 54.7 Å². The van der Waals surface area contributed by atoms with Gasteiger partial charge in [-0.15, -0.1) is 0 Å². The lowest BCUT2D eigenvalue weighted by Crippen LogP contribution is -2.13. The third-order valence-electron chi connectivity index (χ3n) is 4.48. The molecule has 0 saturated heterocycles. The minimum Gasteiger partial charge on any atom is -0.494 e. The molecular weight excluding hydrogens is 381 g/mol. The molecule has 1 atom stereocenters. The van der Waals surface area contributed by atoms with Gasteiger partial charge in [-0.3, -0.25) is 0 Å². The lowest BCUT2D eigenvalue weighted by Gasteiger charge is -2.20. The lowest BCUT2D eigenvalue weighted by molar-refractivity contribution is 0.291. The van der Waals surface area contributed by atoms with Crippen LogP contribution in [0.1, 0.15) is 17.9 Å². The summed E-state index contributed by atoms with van der Waals surface area (Å²) in [4.78, 5) is 6.19. The van der Waals surface area contributed by atoms with Gasteiger partial charge in [-0.05, 0) is 48.4 Å². The van der Waals surface area contributed by atoms with E-state index in [2.05, 4.69) is 14.5 Å². The van der Waals surface area contributed by atoms with Crippen molar-refractivity contribution in [1.29, 1.82) is 0 Å². The van der Waals surface area contributed by atoms with Crippen molar-refractivity contribution in [2.75, 3.05) is 25.6 Å². The van der Waals surface area contributed by atoms with Crippen LogP contribution in [0.4, 0.5) is 5.69 Å². The predicted octanol–water partition coefficient (Wildman–Crippen LogP) is 5.51. The number of benzene rings is 2. The van der Waals surface area contributed by atoms with E-state index in [4.69, 9.17) is 27.9 Å². The van der Waals surface area contributed by atoms with Gasteiger partial charge >= 0.3 is 0 Å². The quantitative estimate of drug-likeness (QED) is 0.496. The Labute approximate surface area is 170 Å². The average Bonchev–Trinajstić information content (AvgIpc) is 3.14. The highest BCUT2D eigenvalue weighted by atomic mass is 35.5. The largest absolute Gasteiger partial charge is 0.494 e. The van der Waals surface area contributed by atoms with Gasteiger partial charge in [-0.1, -0.05) is 29.3 Å². The fraction of sp³-hybridized carbons (Fsp3) is 0.286. The number of aromatic nitrogens is 2. The minimum atomic E-state index is 0.199. The Kier molecular flexibility index (Phi) is 6.64. The van der Waals surface area contributed by atoms with Gasteiger partial charge in [0.25, 0.3) is 0 Å². The Morgan fingerprint density at radius 3 is 2.52 bits per heavy atom. The standard InChI is InChI=1S/C21H23Cl2N3O/c1-25(2)18-4-6-19(7-5-18)27-12-9-16(14-26-11-10-24-15-26)20-8-3-17(22)13-21(20)23/h3-8,10-11,13,15-16H,9,12,14H2,1-2H3. The van der Waals surface area contributed by atoms with Crippen LogP contribution in [0, 0.1) is 0 Å². The van der Waals surface area contributed by atoms with Crippen LogP contribution >= 0.6 is 23.2 Å². The summed E-state index contributed by atoms with van der Waals surface area (Å²) in [5, 5.41) is 1.32. The summed E-state index contributed by atoms with van der Waals surface area (Å²) in [6, 6.07) is 13.8.